The molecule has 0 saturated carbocycles. The molecule has 0 aliphatic carbocycles. The average Bonchev–Trinajstić information content (AvgIpc) is 2.38. The summed E-state index contributed by atoms with van der Waals surface area (Å²) in [7, 11) is 0. The second-order valence-electron chi connectivity index (χ2n) is 3.67. The first-order valence-electron chi connectivity index (χ1n) is 5.58. The Morgan fingerprint density at radius 3 is 2.89 bits per heavy atom. The topological polar surface area (TPSA) is 49.8 Å². The minimum absolute atomic E-state index is 0.0500. The van der Waals surface area contributed by atoms with Crippen molar-refractivity contribution in [3.63, 3.8) is 0 Å². The van der Waals surface area contributed by atoms with Crippen LogP contribution in [0, 0.1) is 5.82 Å². The number of aromatic nitrogens is 2. The minimum Gasteiger partial charge on any atom is -0.369 e. The molecule has 0 fully saturated rings. The predicted octanol–water partition coefficient (Wildman–Crippen LogP) is 4.21. The number of rotatable bonds is 4. The quantitative estimate of drug-likeness (QED) is 0.871. The molecule has 0 amide bonds. The zero-order chi connectivity index (χ0) is 13.8. The standard InChI is InChI=1S/C12H11BrClFN4/c1-2-16-11-8(13)6-17-12(19-11)18-7-3-4-10(15)9(14)5-7/h3-6H,2H2,1H3,(H2,16,17,18,19). The van der Waals surface area contributed by atoms with Crippen molar-refractivity contribution in [3.8, 4) is 0 Å². The SMILES string of the molecule is CCNc1nc(Nc2ccc(F)c(Cl)c2)ncc1Br. The first-order chi connectivity index (χ1) is 9.10. The zero-order valence-corrected chi connectivity index (χ0v) is 12.4. The molecular weight excluding hydrogens is 335 g/mol. The van der Waals surface area contributed by atoms with Crippen LogP contribution in [0.3, 0.4) is 0 Å². The van der Waals surface area contributed by atoms with E-state index in [0.717, 1.165) is 11.0 Å². The maximum absolute atomic E-state index is 13.0. The van der Waals surface area contributed by atoms with Crippen LogP contribution in [0.1, 0.15) is 6.92 Å². The Kier molecular flexibility index (Phi) is 4.55. The molecule has 100 valence electrons. The number of nitrogens with one attached hydrogen (secondary N) is 2. The molecule has 0 spiro atoms. The molecule has 2 N–H and O–H groups in total. The van der Waals surface area contributed by atoms with Gasteiger partial charge in [0.25, 0.3) is 0 Å². The van der Waals surface area contributed by atoms with Crippen LogP contribution in [0.15, 0.2) is 28.9 Å². The fraction of sp³-hybridized carbons (Fsp3) is 0.167. The van der Waals surface area contributed by atoms with E-state index in [1.54, 1.807) is 12.3 Å². The van der Waals surface area contributed by atoms with Crippen molar-refractivity contribution in [2.24, 2.45) is 0 Å². The van der Waals surface area contributed by atoms with E-state index in [9.17, 15) is 4.39 Å². The average molecular weight is 346 g/mol. The monoisotopic (exact) mass is 344 g/mol. The van der Waals surface area contributed by atoms with Gasteiger partial charge < -0.3 is 10.6 Å². The Morgan fingerprint density at radius 2 is 2.21 bits per heavy atom. The van der Waals surface area contributed by atoms with Gasteiger partial charge in [0.15, 0.2) is 0 Å². The second kappa shape index (κ2) is 6.16. The van der Waals surface area contributed by atoms with Gasteiger partial charge in [-0.3, -0.25) is 0 Å². The van der Waals surface area contributed by atoms with Gasteiger partial charge in [0.1, 0.15) is 11.6 Å². The maximum Gasteiger partial charge on any atom is 0.229 e. The molecule has 0 aliphatic heterocycles. The van der Waals surface area contributed by atoms with Gasteiger partial charge in [-0.2, -0.15) is 4.98 Å². The Labute approximate surface area is 123 Å². The van der Waals surface area contributed by atoms with Gasteiger partial charge in [-0.25, -0.2) is 9.37 Å². The molecule has 2 rings (SSSR count). The predicted molar refractivity (Wildman–Crippen MR) is 78.6 cm³/mol. The molecule has 0 aliphatic rings. The fourth-order valence-electron chi connectivity index (χ4n) is 1.42. The summed E-state index contributed by atoms with van der Waals surface area (Å²) < 4.78 is 13.8. The highest BCUT2D eigenvalue weighted by molar-refractivity contribution is 9.10. The molecule has 1 heterocycles. The van der Waals surface area contributed by atoms with Crippen molar-refractivity contribution in [2.75, 3.05) is 17.2 Å². The summed E-state index contributed by atoms with van der Waals surface area (Å²) in [6, 6.07) is 4.34. The van der Waals surface area contributed by atoms with E-state index in [-0.39, 0.29) is 5.02 Å². The molecule has 1 aromatic heterocycles. The number of benzene rings is 1. The van der Waals surface area contributed by atoms with E-state index < -0.39 is 5.82 Å². The number of hydrogen-bond acceptors (Lipinski definition) is 4. The van der Waals surface area contributed by atoms with Crippen LogP contribution in [0.2, 0.25) is 5.02 Å². The van der Waals surface area contributed by atoms with E-state index in [1.807, 2.05) is 6.92 Å². The van der Waals surface area contributed by atoms with Gasteiger partial charge in [0, 0.05) is 18.4 Å². The number of halogens is 3. The number of nitrogens with zero attached hydrogens (tertiary/aromatic N) is 2. The fourth-order valence-corrected chi connectivity index (χ4v) is 1.93. The Bertz CT molecular complexity index is 594. The molecule has 19 heavy (non-hydrogen) atoms. The zero-order valence-electron chi connectivity index (χ0n) is 10.0. The lowest BCUT2D eigenvalue weighted by Gasteiger charge is -2.09. The van der Waals surface area contributed by atoms with Gasteiger partial charge in [-0.1, -0.05) is 11.6 Å². The van der Waals surface area contributed by atoms with Gasteiger partial charge in [-0.05, 0) is 41.1 Å². The summed E-state index contributed by atoms with van der Waals surface area (Å²) in [4.78, 5) is 8.41. The first kappa shape index (κ1) is 14.0. The van der Waals surface area contributed by atoms with E-state index in [0.29, 0.717) is 17.5 Å². The Morgan fingerprint density at radius 1 is 1.42 bits per heavy atom. The summed E-state index contributed by atoms with van der Waals surface area (Å²) >= 11 is 9.06. The lowest BCUT2D eigenvalue weighted by atomic mass is 10.3. The Hall–Kier alpha value is -1.40. The van der Waals surface area contributed by atoms with Crippen molar-refractivity contribution in [2.45, 2.75) is 6.92 Å². The van der Waals surface area contributed by atoms with Crippen LogP contribution in [-0.4, -0.2) is 16.5 Å². The van der Waals surface area contributed by atoms with E-state index in [2.05, 4.69) is 36.5 Å². The number of hydrogen-bond donors (Lipinski definition) is 2. The first-order valence-corrected chi connectivity index (χ1v) is 6.75. The molecule has 0 unspecified atom stereocenters. The third-order valence-corrected chi connectivity index (χ3v) is 3.13. The maximum atomic E-state index is 13.0. The van der Waals surface area contributed by atoms with Gasteiger partial charge in [-0.15, -0.1) is 0 Å². The molecule has 0 bridgehead atoms. The summed E-state index contributed by atoms with van der Waals surface area (Å²) in [5, 5.41) is 6.11. The molecule has 7 heteroatoms. The summed E-state index contributed by atoms with van der Waals surface area (Å²) in [6.45, 7) is 2.72. The third kappa shape index (κ3) is 3.54. The molecule has 2 aromatic rings. The van der Waals surface area contributed by atoms with Gasteiger partial charge in [0.05, 0.1) is 9.50 Å². The van der Waals surface area contributed by atoms with Crippen LogP contribution in [-0.2, 0) is 0 Å². The van der Waals surface area contributed by atoms with Crippen molar-refractivity contribution >= 4 is 45.0 Å². The molecule has 0 atom stereocenters. The Balaban J connectivity index is 2.22. The molecule has 1 aromatic carbocycles. The normalized spacial score (nSPS) is 10.3. The highest BCUT2D eigenvalue weighted by atomic mass is 79.9. The van der Waals surface area contributed by atoms with Gasteiger partial charge >= 0.3 is 0 Å². The van der Waals surface area contributed by atoms with Gasteiger partial charge in [0.2, 0.25) is 5.95 Å². The summed E-state index contributed by atoms with van der Waals surface area (Å²) in [6.07, 6.45) is 1.64. The summed E-state index contributed by atoms with van der Waals surface area (Å²) in [5.74, 6) is 0.632. The highest BCUT2D eigenvalue weighted by Gasteiger charge is 2.06. The van der Waals surface area contributed by atoms with Crippen molar-refractivity contribution < 1.29 is 4.39 Å². The molecule has 4 nitrogen and oxygen atoms in total. The van der Waals surface area contributed by atoms with E-state index in [4.69, 9.17) is 11.6 Å². The van der Waals surface area contributed by atoms with Crippen LogP contribution < -0.4 is 10.6 Å². The van der Waals surface area contributed by atoms with Crippen molar-refractivity contribution in [3.05, 3.63) is 39.7 Å². The minimum atomic E-state index is -0.461. The molecule has 0 saturated heterocycles. The van der Waals surface area contributed by atoms with E-state index >= 15 is 0 Å². The van der Waals surface area contributed by atoms with Crippen molar-refractivity contribution in [1.82, 2.24) is 9.97 Å². The third-order valence-electron chi connectivity index (χ3n) is 2.26. The van der Waals surface area contributed by atoms with Crippen LogP contribution in [0.5, 0.6) is 0 Å². The lowest BCUT2D eigenvalue weighted by molar-refractivity contribution is 0.628. The highest BCUT2D eigenvalue weighted by Crippen LogP contribution is 2.24. The summed E-state index contributed by atoms with van der Waals surface area (Å²) in [5.41, 5.74) is 0.621. The van der Waals surface area contributed by atoms with Crippen molar-refractivity contribution in [1.29, 1.82) is 0 Å². The van der Waals surface area contributed by atoms with E-state index in [1.165, 1.54) is 12.1 Å². The van der Waals surface area contributed by atoms with Crippen LogP contribution >= 0.6 is 27.5 Å². The second-order valence-corrected chi connectivity index (χ2v) is 4.94. The number of anilines is 3. The molecule has 0 radical (unpaired) electrons. The van der Waals surface area contributed by atoms with Crippen LogP contribution in [0.4, 0.5) is 21.8 Å². The van der Waals surface area contributed by atoms with Crippen LogP contribution in [0.25, 0.3) is 0 Å². The molecular formula is C12H11BrClFN4. The smallest absolute Gasteiger partial charge is 0.229 e. The lowest BCUT2D eigenvalue weighted by Crippen LogP contribution is -2.04. The largest absolute Gasteiger partial charge is 0.369 e.